The third-order valence-electron chi connectivity index (χ3n) is 4.16. The van der Waals surface area contributed by atoms with Crippen LogP contribution in [-0.2, 0) is 32.6 Å². The molecule has 1 aliphatic carbocycles. The van der Waals surface area contributed by atoms with Crippen molar-refractivity contribution >= 4 is 10.8 Å². The number of nitrogens with zero attached hydrogens (tertiary/aromatic N) is 1. The predicted molar refractivity (Wildman–Crippen MR) is 103 cm³/mol. The van der Waals surface area contributed by atoms with Gasteiger partial charge in [0, 0.05) is 6.20 Å². The molecule has 0 radical (unpaired) electrons. The van der Waals surface area contributed by atoms with E-state index in [1.54, 1.807) is 0 Å². The quantitative estimate of drug-likeness (QED) is 0.494. The van der Waals surface area contributed by atoms with Crippen molar-refractivity contribution in [3.63, 3.8) is 0 Å². The zero-order chi connectivity index (χ0) is 16.6. The number of unbranched alkanes of at least 4 members (excludes halogenated alkanes) is 1. The Hall–Kier alpha value is -1.08. The molecule has 0 unspecified atom stereocenters. The number of allylic oxidation sites excluding steroid dienone is 4. The standard InChI is InChI=1S/C18H18N.C5H5.2ClH.Zr/c1-2-3-7-14-12-15-8-6-9-16(17(15)13-14)18-10-4-5-11-19-18;1-2-4-5-3-1;;;/h4-6,8-13H,2-3,7H2,1H3;1-3H,4H2;2*1H;/q2*-1;;;+4/p-2. The molecule has 0 fully saturated rings. The van der Waals surface area contributed by atoms with E-state index in [1.165, 1.54) is 41.2 Å². The molecule has 2 aromatic carbocycles. The second-order valence-electron chi connectivity index (χ2n) is 5.99. The van der Waals surface area contributed by atoms with E-state index >= 15 is 0 Å². The Morgan fingerprint density at radius 2 is 1.96 bits per heavy atom. The molecular weight excluding hydrogens is 452 g/mol. The van der Waals surface area contributed by atoms with E-state index in [-0.39, 0.29) is 51.0 Å². The minimum atomic E-state index is 0. The van der Waals surface area contributed by atoms with Gasteiger partial charge in [-0.05, 0) is 24.1 Å². The van der Waals surface area contributed by atoms with Gasteiger partial charge in [0.05, 0.1) is 5.69 Å². The summed E-state index contributed by atoms with van der Waals surface area (Å²) >= 11 is 0. The van der Waals surface area contributed by atoms with Gasteiger partial charge in [-0.15, -0.1) is 41.0 Å². The van der Waals surface area contributed by atoms with Gasteiger partial charge in [0.1, 0.15) is 0 Å². The van der Waals surface area contributed by atoms with Crippen LogP contribution in [0.25, 0.3) is 22.0 Å². The third-order valence-corrected chi connectivity index (χ3v) is 4.16. The Kier molecular flexibility index (Phi) is 13.4. The van der Waals surface area contributed by atoms with E-state index in [0.29, 0.717) is 0 Å². The molecule has 1 heterocycles. The van der Waals surface area contributed by atoms with Gasteiger partial charge in [-0.1, -0.05) is 31.9 Å². The summed E-state index contributed by atoms with van der Waals surface area (Å²) in [5, 5.41) is 2.65. The summed E-state index contributed by atoms with van der Waals surface area (Å²) in [5.41, 5.74) is 3.74. The average Bonchev–Trinajstić information content (AvgIpc) is 3.32. The van der Waals surface area contributed by atoms with E-state index in [1.807, 2.05) is 30.5 Å². The fraction of sp³-hybridized carbons (Fsp3) is 0.217. The van der Waals surface area contributed by atoms with Crippen LogP contribution in [0, 0.1) is 6.08 Å². The molecule has 1 nitrogen and oxygen atoms in total. The Morgan fingerprint density at radius 1 is 1.11 bits per heavy atom. The first kappa shape index (κ1) is 25.9. The maximum Gasteiger partial charge on any atom is 4.00 e. The van der Waals surface area contributed by atoms with E-state index in [0.717, 1.165) is 12.1 Å². The van der Waals surface area contributed by atoms with Gasteiger partial charge >= 0.3 is 26.2 Å². The molecule has 1 aromatic heterocycles. The van der Waals surface area contributed by atoms with Crippen molar-refractivity contribution in [2.75, 3.05) is 0 Å². The van der Waals surface area contributed by atoms with E-state index in [4.69, 9.17) is 0 Å². The van der Waals surface area contributed by atoms with Crippen LogP contribution in [0.4, 0.5) is 0 Å². The van der Waals surface area contributed by atoms with Crippen LogP contribution in [0.15, 0.2) is 73.0 Å². The largest absolute Gasteiger partial charge is 4.00 e. The maximum atomic E-state index is 4.47. The number of hydrogen-bond donors (Lipinski definition) is 0. The molecule has 0 saturated heterocycles. The summed E-state index contributed by atoms with van der Waals surface area (Å²) < 4.78 is 0. The fourth-order valence-electron chi connectivity index (χ4n) is 2.91. The predicted octanol–water partition coefficient (Wildman–Crippen LogP) is 0.274. The van der Waals surface area contributed by atoms with Crippen LogP contribution in [0.3, 0.4) is 0 Å². The number of fused-ring (bicyclic) bond motifs is 1. The summed E-state index contributed by atoms with van der Waals surface area (Å²) in [6.07, 6.45) is 15.5. The van der Waals surface area contributed by atoms with Crippen LogP contribution in [0.1, 0.15) is 31.7 Å². The van der Waals surface area contributed by atoms with E-state index in [9.17, 15) is 0 Å². The van der Waals surface area contributed by atoms with Crippen molar-refractivity contribution in [1.29, 1.82) is 0 Å². The van der Waals surface area contributed by atoms with E-state index < -0.39 is 0 Å². The van der Waals surface area contributed by atoms with Crippen LogP contribution >= 0.6 is 0 Å². The number of halogens is 2. The molecule has 0 N–H and O–H groups in total. The van der Waals surface area contributed by atoms with Crippen LogP contribution in [0.2, 0.25) is 0 Å². The molecule has 138 valence electrons. The normalized spacial score (nSPS) is 11.0. The molecule has 0 aliphatic heterocycles. The molecule has 0 spiro atoms. The van der Waals surface area contributed by atoms with Gasteiger partial charge in [-0.3, -0.25) is 11.1 Å². The molecular formula is C23H23Cl2NZr. The SMILES string of the molecule is CCCCc1cc2c(-c3ccccn3)cccc2[cH-]1.[C-]1=CC=CC1.[Cl-].[Cl-].[Zr+4]. The number of aromatic nitrogens is 1. The minimum Gasteiger partial charge on any atom is -1.00 e. The Balaban J connectivity index is 0.000000742. The van der Waals surface area contributed by atoms with Crippen molar-refractivity contribution in [3.8, 4) is 11.3 Å². The number of aryl methyl sites for hydroxylation is 1. The van der Waals surface area contributed by atoms with E-state index in [2.05, 4.69) is 60.5 Å². The number of hydrogen-bond acceptors (Lipinski definition) is 1. The second-order valence-corrected chi connectivity index (χ2v) is 5.99. The topological polar surface area (TPSA) is 12.9 Å². The van der Waals surface area contributed by atoms with Gasteiger partial charge in [0.25, 0.3) is 0 Å². The first-order chi connectivity index (χ1) is 11.9. The first-order valence-electron chi connectivity index (χ1n) is 8.70. The molecule has 0 atom stereocenters. The van der Waals surface area contributed by atoms with Crippen LogP contribution in [0.5, 0.6) is 0 Å². The Morgan fingerprint density at radius 3 is 2.56 bits per heavy atom. The van der Waals surface area contributed by atoms with Crippen LogP contribution < -0.4 is 24.8 Å². The van der Waals surface area contributed by atoms with Gasteiger partial charge in [0.15, 0.2) is 0 Å². The molecule has 1 aliphatic rings. The molecule has 4 rings (SSSR count). The van der Waals surface area contributed by atoms with Crippen LogP contribution in [-0.4, -0.2) is 4.98 Å². The molecule has 27 heavy (non-hydrogen) atoms. The van der Waals surface area contributed by atoms with Gasteiger partial charge in [-0.25, -0.2) is 12.2 Å². The fourth-order valence-corrected chi connectivity index (χ4v) is 2.91. The summed E-state index contributed by atoms with van der Waals surface area (Å²) in [6.45, 7) is 2.24. The number of pyridine rings is 1. The Bertz CT molecular complexity index is 828. The molecule has 4 heteroatoms. The zero-order valence-electron chi connectivity index (χ0n) is 15.5. The molecule has 0 saturated carbocycles. The smallest absolute Gasteiger partial charge is 1.00 e. The van der Waals surface area contributed by atoms with Gasteiger partial charge in [0.2, 0.25) is 0 Å². The molecule has 0 amide bonds. The summed E-state index contributed by atoms with van der Waals surface area (Å²) in [5.74, 6) is 0. The summed E-state index contributed by atoms with van der Waals surface area (Å²) in [4.78, 5) is 4.47. The van der Waals surface area contributed by atoms with Crippen molar-refractivity contribution in [3.05, 3.63) is 84.6 Å². The summed E-state index contributed by atoms with van der Waals surface area (Å²) in [6, 6.07) is 17.2. The monoisotopic (exact) mass is 473 g/mol. The average molecular weight is 476 g/mol. The summed E-state index contributed by atoms with van der Waals surface area (Å²) in [7, 11) is 0. The molecule has 3 aromatic rings. The minimum absolute atomic E-state index is 0. The first-order valence-corrected chi connectivity index (χ1v) is 8.70. The molecule has 0 bridgehead atoms. The third kappa shape index (κ3) is 7.45. The van der Waals surface area contributed by atoms with Crippen molar-refractivity contribution in [2.24, 2.45) is 0 Å². The van der Waals surface area contributed by atoms with Gasteiger partial charge in [-0.2, -0.15) is 12.1 Å². The van der Waals surface area contributed by atoms with Crippen molar-refractivity contribution in [1.82, 2.24) is 4.98 Å². The van der Waals surface area contributed by atoms with Crippen molar-refractivity contribution in [2.45, 2.75) is 32.6 Å². The maximum absolute atomic E-state index is 4.47. The number of rotatable bonds is 4. The van der Waals surface area contributed by atoms with Crippen molar-refractivity contribution < 1.29 is 51.0 Å². The second kappa shape index (κ2) is 14.0. The van der Waals surface area contributed by atoms with Gasteiger partial charge < -0.3 is 24.8 Å². The zero-order valence-corrected chi connectivity index (χ0v) is 19.4. The number of benzene rings is 1. The Labute approximate surface area is 194 Å².